The first-order chi connectivity index (χ1) is 32.7. The Morgan fingerprint density at radius 1 is 0.348 bits per heavy atom. The zero-order chi connectivity index (χ0) is 43.0. The molecule has 6 nitrogen and oxygen atoms in total. The smallest absolute Gasteiger partial charge is 0.166 e. The Morgan fingerprint density at radius 2 is 0.833 bits per heavy atom. The van der Waals surface area contributed by atoms with Crippen LogP contribution in [0.5, 0.6) is 0 Å². The zero-order valence-electron chi connectivity index (χ0n) is 35.0. The number of aromatic nitrogens is 4. The second-order valence-electron chi connectivity index (χ2n) is 17.1. The van der Waals surface area contributed by atoms with Crippen LogP contribution in [-0.4, -0.2) is 19.5 Å². The van der Waals surface area contributed by atoms with E-state index in [-0.39, 0.29) is 0 Å². The highest BCUT2D eigenvalue weighted by Crippen LogP contribution is 2.46. The van der Waals surface area contributed by atoms with Crippen molar-refractivity contribution in [1.82, 2.24) is 19.5 Å². The number of hydrogen-bond donors (Lipinski definition) is 0. The number of benzene rings is 10. The van der Waals surface area contributed by atoms with Gasteiger partial charge in [-0.05, 0) is 88.3 Å². The van der Waals surface area contributed by atoms with Crippen molar-refractivity contribution in [2.75, 3.05) is 0 Å². The summed E-state index contributed by atoms with van der Waals surface area (Å²) in [7, 11) is 0. The van der Waals surface area contributed by atoms with E-state index >= 15 is 0 Å². The molecule has 306 valence electrons. The SMILES string of the molecule is c1ccc2cc3c(cc2c1)c1cc2ccccc2cc1n3-c1ccc2oc3ccccc3c2c1-c1nc(-c2cccc3oc4ccccc4c23)nc(-c2cccc3sc4ccccc4c23)n1. The summed E-state index contributed by atoms with van der Waals surface area (Å²) >= 11 is 1.79. The summed E-state index contributed by atoms with van der Waals surface area (Å²) in [6.45, 7) is 0. The van der Waals surface area contributed by atoms with Gasteiger partial charge in [-0.3, -0.25) is 0 Å². The zero-order valence-corrected chi connectivity index (χ0v) is 35.8. The first kappa shape index (κ1) is 35.8. The molecular formula is C59H32N4O2S. The lowest BCUT2D eigenvalue weighted by Crippen LogP contribution is -2.04. The molecule has 5 heterocycles. The third-order valence-corrected chi connectivity index (χ3v) is 14.5. The van der Waals surface area contributed by atoms with E-state index in [2.05, 4.69) is 162 Å². The van der Waals surface area contributed by atoms with Crippen molar-refractivity contribution < 1.29 is 8.83 Å². The molecule has 15 rings (SSSR count). The standard InChI is InChI=1S/C59H32N4O2S/c1-3-15-35-31-45-42(29-33(35)13-1)43-30-34-14-2-4-16-36(34)32-46(43)63(45)44-27-28-50-55(38-18-6-9-23-48(38)65-50)56(44)59-61-57(40-20-11-24-49-53(40)37-17-5-8-22-47(37)64-49)60-58(62-59)41-21-12-26-52-54(41)39-19-7-10-25-51(39)66-52/h1-32H. The lowest BCUT2D eigenvalue weighted by atomic mass is 10.0. The van der Waals surface area contributed by atoms with Crippen molar-refractivity contribution in [1.29, 1.82) is 0 Å². The Kier molecular flexibility index (Phi) is 7.28. The number of hydrogen-bond acceptors (Lipinski definition) is 6. The van der Waals surface area contributed by atoms with Crippen molar-refractivity contribution >= 4 is 119 Å². The summed E-state index contributed by atoms with van der Waals surface area (Å²) in [4.78, 5) is 16.7. The fourth-order valence-corrected chi connectivity index (χ4v) is 11.6. The molecule has 0 radical (unpaired) electrons. The van der Waals surface area contributed by atoms with Crippen LogP contribution < -0.4 is 0 Å². The highest BCUT2D eigenvalue weighted by molar-refractivity contribution is 7.25. The molecule has 15 aromatic rings. The Hall–Kier alpha value is -8.65. The van der Waals surface area contributed by atoms with Crippen molar-refractivity contribution in [3.05, 3.63) is 194 Å². The van der Waals surface area contributed by atoms with Gasteiger partial charge in [0.2, 0.25) is 0 Å². The van der Waals surface area contributed by atoms with Crippen molar-refractivity contribution in [2.45, 2.75) is 0 Å². The lowest BCUT2D eigenvalue weighted by Gasteiger charge is -2.16. The maximum Gasteiger partial charge on any atom is 0.166 e. The number of fused-ring (bicyclic) bond motifs is 14. The summed E-state index contributed by atoms with van der Waals surface area (Å²) < 4.78 is 18.0. The van der Waals surface area contributed by atoms with E-state index in [1.807, 2.05) is 36.4 Å². The monoisotopic (exact) mass is 860 g/mol. The third kappa shape index (κ3) is 5.08. The average Bonchev–Trinajstić information content (AvgIpc) is 4.13. The topological polar surface area (TPSA) is 69.9 Å². The van der Waals surface area contributed by atoms with E-state index < -0.39 is 0 Å². The number of rotatable bonds is 4. The Balaban J connectivity index is 1.12. The van der Waals surface area contributed by atoms with E-state index in [1.54, 1.807) is 11.3 Å². The van der Waals surface area contributed by atoms with Crippen LogP contribution in [0.25, 0.3) is 147 Å². The molecule has 66 heavy (non-hydrogen) atoms. The molecule has 0 fully saturated rings. The van der Waals surface area contributed by atoms with E-state index in [9.17, 15) is 0 Å². The van der Waals surface area contributed by atoms with Gasteiger partial charge in [0.05, 0.1) is 22.3 Å². The van der Waals surface area contributed by atoms with Crippen molar-refractivity contribution in [3.8, 4) is 39.9 Å². The molecule has 0 spiro atoms. The van der Waals surface area contributed by atoms with Crippen LogP contribution in [0.3, 0.4) is 0 Å². The normalized spacial score (nSPS) is 12.2. The molecule has 0 saturated heterocycles. The van der Waals surface area contributed by atoms with Gasteiger partial charge in [0.1, 0.15) is 22.3 Å². The summed E-state index contributed by atoms with van der Waals surface area (Å²) in [5, 5.41) is 13.2. The first-order valence-electron chi connectivity index (χ1n) is 22.1. The molecule has 0 unspecified atom stereocenters. The summed E-state index contributed by atoms with van der Waals surface area (Å²) in [6.07, 6.45) is 0. The van der Waals surface area contributed by atoms with Gasteiger partial charge in [-0.2, -0.15) is 0 Å². The van der Waals surface area contributed by atoms with Gasteiger partial charge in [-0.25, -0.2) is 15.0 Å². The van der Waals surface area contributed by atoms with Gasteiger partial charge in [-0.1, -0.05) is 127 Å². The third-order valence-electron chi connectivity index (χ3n) is 13.4. The van der Waals surface area contributed by atoms with E-state index in [0.717, 1.165) is 93.4 Å². The van der Waals surface area contributed by atoms with Crippen molar-refractivity contribution in [3.63, 3.8) is 0 Å². The van der Waals surface area contributed by atoms with Gasteiger partial charge < -0.3 is 13.4 Å². The van der Waals surface area contributed by atoms with Crippen LogP contribution in [0.15, 0.2) is 203 Å². The average molecular weight is 861 g/mol. The molecule has 7 heteroatoms. The Labute approximate surface area is 379 Å². The van der Waals surface area contributed by atoms with Gasteiger partial charge in [0, 0.05) is 63.6 Å². The van der Waals surface area contributed by atoms with Crippen molar-refractivity contribution in [2.24, 2.45) is 0 Å². The second-order valence-corrected chi connectivity index (χ2v) is 18.1. The Morgan fingerprint density at radius 3 is 1.50 bits per heavy atom. The summed E-state index contributed by atoms with van der Waals surface area (Å²) in [5.74, 6) is 1.68. The lowest BCUT2D eigenvalue weighted by molar-refractivity contribution is 0.668. The van der Waals surface area contributed by atoms with Gasteiger partial charge >= 0.3 is 0 Å². The highest BCUT2D eigenvalue weighted by Gasteiger charge is 2.26. The molecule has 0 atom stereocenters. The van der Waals surface area contributed by atoms with E-state index in [4.69, 9.17) is 23.8 Å². The molecule has 0 aliphatic carbocycles. The fraction of sp³-hybridized carbons (Fsp3) is 0. The predicted octanol–water partition coefficient (Wildman–Crippen LogP) is 16.4. The number of nitrogens with zero attached hydrogens (tertiary/aromatic N) is 4. The predicted molar refractivity (Wildman–Crippen MR) is 273 cm³/mol. The number of furan rings is 2. The maximum atomic E-state index is 6.71. The first-order valence-corrected chi connectivity index (χ1v) is 22.9. The highest BCUT2D eigenvalue weighted by atomic mass is 32.1. The minimum Gasteiger partial charge on any atom is -0.456 e. The summed E-state index contributed by atoms with van der Waals surface area (Å²) in [6, 6.07) is 68.5. The molecule has 0 saturated carbocycles. The van der Waals surface area contributed by atoms with Crippen LogP contribution in [0.2, 0.25) is 0 Å². The molecule has 10 aromatic carbocycles. The molecular weight excluding hydrogens is 829 g/mol. The molecule has 0 bridgehead atoms. The minimum atomic E-state index is 0.542. The van der Waals surface area contributed by atoms with Gasteiger partial charge in [0.15, 0.2) is 17.5 Å². The van der Waals surface area contributed by atoms with E-state index in [1.165, 1.54) is 36.3 Å². The molecule has 0 aliphatic rings. The minimum absolute atomic E-state index is 0.542. The largest absolute Gasteiger partial charge is 0.456 e. The number of thiophene rings is 1. The van der Waals surface area contributed by atoms with Crippen LogP contribution in [-0.2, 0) is 0 Å². The van der Waals surface area contributed by atoms with Crippen LogP contribution in [0.4, 0.5) is 0 Å². The fourth-order valence-electron chi connectivity index (χ4n) is 10.5. The summed E-state index contributed by atoms with van der Waals surface area (Å²) in [5.41, 5.74) is 8.92. The second kappa shape index (κ2) is 13.4. The van der Waals surface area contributed by atoms with Gasteiger partial charge in [0.25, 0.3) is 0 Å². The van der Waals surface area contributed by atoms with Crippen LogP contribution in [0, 0.1) is 0 Å². The molecule has 0 aliphatic heterocycles. The molecule has 0 amide bonds. The maximum absolute atomic E-state index is 6.71. The van der Waals surface area contributed by atoms with E-state index in [0.29, 0.717) is 17.5 Å². The van der Waals surface area contributed by atoms with Crippen LogP contribution in [0.1, 0.15) is 0 Å². The number of para-hydroxylation sites is 2. The van der Waals surface area contributed by atoms with Gasteiger partial charge in [-0.15, -0.1) is 11.3 Å². The Bertz CT molecular complexity index is 4330. The molecule has 0 N–H and O–H groups in total. The quantitative estimate of drug-likeness (QED) is 0.176. The van der Waals surface area contributed by atoms with Crippen LogP contribution >= 0.6 is 11.3 Å². The molecule has 5 aromatic heterocycles.